The molecule has 0 aromatic heterocycles. The maximum atomic E-state index is 12.5. The molecule has 6 nitrogen and oxygen atoms in total. The molecule has 1 aliphatic carbocycles. The summed E-state index contributed by atoms with van der Waals surface area (Å²) in [5, 5.41) is 9.18. The van der Waals surface area contributed by atoms with E-state index in [2.05, 4.69) is 4.90 Å². The number of carboxylic acids is 1. The fourth-order valence-electron chi connectivity index (χ4n) is 3.41. The highest BCUT2D eigenvalue weighted by Gasteiger charge is 2.47. The van der Waals surface area contributed by atoms with Gasteiger partial charge in [-0.1, -0.05) is 30.3 Å². The first-order chi connectivity index (χ1) is 11.4. The van der Waals surface area contributed by atoms with Gasteiger partial charge in [-0.05, 0) is 38.3 Å². The van der Waals surface area contributed by atoms with E-state index in [0.29, 0.717) is 32.2 Å². The van der Waals surface area contributed by atoms with Crippen LogP contribution in [0.3, 0.4) is 0 Å². The minimum absolute atomic E-state index is 0.0666. The summed E-state index contributed by atoms with van der Waals surface area (Å²) in [7, 11) is -1.48. The summed E-state index contributed by atoms with van der Waals surface area (Å²) in [5.41, 5.74) is 1.17. The van der Waals surface area contributed by atoms with Crippen LogP contribution < -0.4 is 0 Å². The fourth-order valence-corrected chi connectivity index (χ4v) is 5.42. The number of carbonyl (C=O) groups is 1. The molecule has 1 N–H and O–H groups in total. The number of piperidine rings is 1. The molecule has 0 spiro atoms. The Bertz CT molecular complexity index is 688. The van der Waals surface area contributed by atoms with E-state index in [9.17, 15) is 18.3 Å². The van der Waals surface area contributed by atoms with Gasteiger partial charge in [-0.2, -0.15) is 4.31 Å². The SMILES string of the molecule is CN(Cc1ccccc1)C1CCN(S(=O)(=O)C2CC2)C(C(=O)O)C1. The van der Waals surface area contributed by atoms with Crippen molar-refractivity contribution in [1.29, 1.82) is 0 Å². The Balaban J connectivity index is 1.69. The van der Waals surface area contributed by atoms with Gasteiger partial charge < -0.3 is 5.11 Å². The van der Waals surface area contributed by atoms with E-state index in [1.165, 1.54) is 9.87 Å². The summed E-state index contributed by atoms with van der Waals surface area (Å²) >= 11 is 0. The lowest BCUT2D eigenvalue weighted by Gasteiger charge is -2.40. The van der Waals surface area contributed by atoms with Gasteiger partial charge in [0.1, 0.15) is 6.04 Å². The summed E-state index contributed by atoms with van der Waals surface area (Å²) in [5.74, 6) is -1.04. The van der Waals surface area contributed by atoms with Crippen molar-refractivity contribution in [2.45, 2.75) is 49.6 Å². The predicted molar refractivity (Wildman–Crippen MR) is 91.0 cm³/mol. The molecule has 0 amide bonds. The molecule has 3 rings (SSSR count). The average molecular weight is 352 g/mol. The topological polar surface area (TPSA) is 77.9 Å². The molecule has 132 valence electrons. The van der Waals surface area contributed by atoms with Crippen molar-refractivity contribution in [3.05, 3.63) is 35.9 Å². The van der Waals surface area contributed by atoms with E-state index in [1.54, 1.807) is 0 Å². The van der Waals surface area contributed by atoms with Crippen molar-refractivity contribution in [2.24, 2.45) is 0 Å². The maximum absolute atomic E-state index is 12.5. The number of carboxylic acid groups (broad SMARTS) is 1. The zero-order chi connectivity index (χ0) is 17.3. The molecule has 1 aliphatic heterocycles. The van der Waals surface area contributed by atoms with Gasteiger partial charge in [0.2, 0.25) is 10.0 Å². The Morgan fingerprint density at radius 3 is 2.50 bits per heavy atom. The van der Waals surface area contributed by atoms with Crippen molar-refractivity contribution in [3.63, 3.8) is 0 Å². The Hall–Kier alpha value is -1.44. The van der Waals surface area contributed by atoms with Crippen molar-refractivity contribution in [2.75, 3.05) is 13.6 Å². The maximum Gasteiger partial charge on any atom is 0.322 e. The van der Waals surface area contributed by atoms with Crippen molar-refractivity contribution in [1.82, 2.24) is 9.21 Å². The van der Waals surface area contributed by atoms with Crippen LogP contribution in [0.1, 0.15) is 31.2 Å². The van der Waals surface area contributed by atoms with Crippen LogP contribution >= 0.6 is 0 Å². The van der Waals surface area contributed by atoms with Crippen LogP contribution in [-0.2, 0) is 21.4 Å². The van der Waals surface area contributed by atoms with E-state index >= 15 is 0 Å². The summed E-state index contributed by atoms with van der Waals surface area (Å²) in [6.07, 6.45) is 2.31. The first-order valence-electron chi connectivity index (χ1n) is 8.37. The highest BCUT2D eigenvalue weighted by atomic mass is 32.2. The van der Waals surface area contributed by atoms with E-state index in [4.69, 9.17) is 0 Å². The van der Waals surface area contributed by atoms with Gasteiger partial charge in [0.15, 0.2) is 0 Å². The molecule has 1 saturated carbocycles. The normalized spacial score (nSPS) is 25.8. The molecular weight excluding hydrogens is 328 g/mol. The summed E-state index contributed by atoms with van der Waals surface area (Å²) < 4.78 is 26.2. The van der Waals surface area contributed by atoms with Crippen molar-refractivity contribution >= 4 is 16.0 Å². The van der Waals surface area contributed by atoms with Crippen LogP contribution in [0, 0.1) is 0 Å². The van der Waals surface area contributed by atoms with Crippen LogP contribution in [0.25, 0.3) is 0 Å². The lowest BCUT2D eigenvalue weighted by molar-refractivity contribution is -0.143. The molecule has 1 aromatic carbocycles. The standard InChI is InChI=1S/C17H24N2O4S/c1-18(12-13-5-3-2-4-6-13)14-9-10-19(16(11-14)17(20)21)24(22,23)15-7-8-15/h2-6,14-16H,7-12H2,1H3,(H,20,21). The monoisotopic (exact) mass is 352 g/mol. The molecule has 0 radical (unpaired) electrons. The van der Waals surface area contributed by atoms with E-state index < -0.39 is 22.0 Å². The molecule has 24 heavy (non-hydrogen) atoms. The third-order valence-corrected chi connectivity index (χ3v) is 7.39. The summed E-state index contributed by atoms with van der Waals surface area (Å²) in [6.45, 7) is 1.02. The molecule has 0 bridgehead atoms. The molecule has 1 saturated heterocycles. The molecule has 1 heterocycles. The fraction of sp³-hybridized carbons (Fsp3) is 0.588. The minimum Gasteiger partial charge on any atom is -0.480 e. The third kappa shape index (κ3) is 3.63. The van der Waals surface area contributed by atoms with Gasteiger partial charge in [0.05, 0.1) is 5.25 Å². The highest BCUT2D eigenvalue weighted by molar-refractivity contribution is 7.90. The number of rotatable bonds is 6. The average Bonchev–Trinajstić information content (AvgIpc) is 3.40. The van der Waals surface area contributed by atoms with Crippen LogP contribution in [0.4, 0.5) is 0 Å². The summed E-state index contributed by atoms with van der Waals surface area (Å²) in [6, 6.07) is 9.12. The van der Waals surface area contributed by atoms with Crippen LogP contribution in [-0.4, -0.2) is 59.6 Å². The second kappa shape index (κ2) is 6.82. The summed E-state index contributed by atoms with van der Waals surface area (Å²) in [4.78, 5) is 13.8. The number of hydrogen-bond donors (Lipinski definition) is 1. The Morgan fingerprint density at radius 1 is 1.25 bits per heavy atom. The lowest BCUT2D eigenvalue weighted by Crippen LogP contribution is -2.54. The Morgan fingerprint density at radius 2 is 1.92 bits per heavy atom. The molecule has 2 aliphatic rings. The van der Waals surface area contributed by atoms with Crippen LogP contribution in [0.15, 0.2) is 30.3 Å². The number of sulfonamides is 1. The Kier molecular flexibility index (Phi) is 4.94. The molecule has 2 unspecified atom stereocenters. The molecule has 2 atom stereocenters. The minimum atomic E-state index is -3.46. The number of hydrogen-bond acceptors (Lipinski definition) is 4. The van der Waals surface area contributed by atoms with E-state index in [1.807, 2.05) is 37.4 Å². The predicted octanol–water partition coefficient (Wildman–Crippen LogP) is 1.53. The van der Waals surface area contributed by atoms with Gasteiger partial charge in [-0.15, -0.1) is 0 Å². The van der Waals surface area contributed by atoms with Crippen LogP contribution in [0.2, 0.25) is 0 Å². The smallest absolute Gasteiger partial charge is 0.322 e. The van der Waals surface area contributed by atoms with Crippen molar-refractivity contribution < 1.29 is 18.3 Å². The van der Waals surface area contributed by atoms with Gasteiger partial charge in [-0.3, -0.25) is 9.69 Å². The van der Waals surface area contributed by atoms with Crippen LogP contribution in [0.5, 0.6) is 0 Å². The molecular formula is C17H24N2O4S. The number of aliphatic carboxylic acids is 1. The molecule has 7 heteroatoms. The number of benzene rings is 1. The first kappa shape index (κ1) is 17.4. The quantitative estimate of drug-likeness (QED) is 0.840. The van der Waals surface area contributed by atoms with Gasteiger partial charge >= 0.3 is 5.97 Å². The van der Waals surface area contributed by atoms with Gasteiger partial charge in [0, 0.05) is 19.1 Å². The first-order valence-corrected chi connectivity index (χ1v) is 9.87. The lowest BCUT2D eigenvalue weighted by atomic mass is 9.98. The Labute approximate surface area is 143 Å². The molecule has 2 fully saturated rings. The number of nitrogens with zero attached hydrogens (tertiary/aromatic N) is 2. The zero-order valence-corrected chi connectivity index (χ0v) is 14.7. The van der Waals surface area contributed by atoms with E-state index in [0.717, 1.165) is 6.54 Å². The second-order valence-electron chi connectivity index (χ2n) is 6.79. The van der Waals surface area contributed by atoms with E-state index in [-0.39, 0.29) is 11.3 Å². The van der Waals surface area contributed by atoms with Gasteiger partial charge in [-0.25, -0.2) is 8.42 Å². The van der Waals surface area contributed by atoms with Gasteiger partial charge in [0.25, 0.3) is 0 Å². The second-order valence-corrected chi connectivity index (χ2v) is 8.95. The third-order valence-electron chi connectivity index (χ3n) is 4.98. The van der Waals surface area contributed by atoms with Crippen molar-refractivity contribution in [3.8, 4) is 0 Å². The highest BCUT2D eigenvalue weighted by Crippen LogP contribution is 2.35. The zero-order valence-electron chi connectivity index (χ0n) is 13.8. The largest absolute Gasteiger partial charge is 0.480 e. The molecule has 1 aromatic rings.